The van der Waals surface area contributed by atoms with Crippen LogP contribution in [0, 0.1) is 13.8 Å². The van der Waals surface area contributed by atoms with Crippen LogP contribution in [0.1, 0.15) is 21.5 Å². The first kappa shape index (κ1) is 16.0. The fourth-order valence-electron chi connectivity index (χ4n) is 3.12. The zero-order chi connectivity index (χ0) is 18.3. The van der Waals surface area contributed by atoms with Crippen molar-refractivity contribution in [2.24, 2.45) is 0 Å². The molecule has 0 saturated carbocycles. The smallest absolute Gasteiger partial charge is 0.258 e. The van der Waals surface area contributed by atoms with E-state index in [9.17, 15) is 9.59 Å². The Labute approximate surface area is 149 Å². The fourth-order valence-corrected chi connectivity index (χ4v) is 3.12. The van der Waals surface area contributed by atoms with Gasteiger partial charge in [0, 0.05) is 33.7 Å². The molecule has 0 spiro atoms. The van der Waals surface area contributed by atoms with Gasteiger partial charge in [0.15, 0.2) is 0 Å². The zero-order valence-electron chi connectivity index (χ0n) is 14.5. The minimum atomic E-state index is -0.202. The van der Waals surface area contributed by atoms with Gasteiger partial charge in [-0.15, -0.1) is 0 Å². The van der Waals surface area contributed by atoms with Crippen LogP contribution in [-0.2, 0) is 0 Å². The average molecular weight is 343 g/mol. The molecule has 0 aliphatic rings. The minimum absolute atomic E-state index is 0.105. The summed E-state index contributed by atoms with van der Waals surface area (Å²) in [5, 5.41) is 4.74. The molecule has 0 unspecified atom stereocenters. The summed E-state index contributed by atoms with van der Waals surface area (Å²) >= 11 is 0. The van der Waals surface area contributed by atoms with E-state index in [0.29, 0.717) is 22.3 Å². The third-order valence-corrected chi connectivity index (χ3v) is 4.50. The Morgan fingerprint density at radius 3 is 2.69 bits per heavy atom. The Kier molecular flexibility index (Phi) is 3.77. The molecular weight excluding hydrogens is 326 g/mol. The van der Waals surface area contributed by atoms with Crippen LogP contribution in [-0.4, -0.2) is 15.9 Å². The maximum absolute atomic E-state index is 12.9. The number of amides is 1. The number of nitrogens with one attached hydrogen (secondary N) is 2. The molecule has 0 radical (unpaired) electrons. The van der Waals surface area contributed by atoms with E-state index in [0.717, 1.165) is 21.9 Å². The van der Waals surface area contributed by atoms with Gasteiger partial charge < -0.3 is 10.3 Å². The summed E-state index contributed by atoms with van der Waals surface area (Å²) in [5.41, 5.74) is 4.06. The summed E-state index contributed by atoms with van der Waals surface area (Å²) in [6, 6.07) is 14.9. The van der Waals surface area contributed by atoms with Crippen molar-refractivity contribution in [1.82, 2.24) is 9.97 Å². The molecule has 2 aromatic heterocycles. The molecule has 5 heteroatoms. The van der Waals surface area contributed by atoms with Gasteiger partial charge in [-0.25, -0.2) is 0 Å². The molecule has 0 fully saturated rings. The molecule has 0 aliphatic carbocycles. The lowest BCUT2D eigenvalue weighted by Crippen LogP contribution is -2.14. The van der Waals surface area contributed by atoms with E-state index in [2.05, 4.69) is 15.3 Å². The van der Waals surface area contributed by atoms with Crippen molar-refractivity contribution in [2.45, 2.75) is 13.8 Å². The first-order valence-corrected chi connectivity index (χ1v) is 8.32. The van der Waals surface area contributed by atoms with Crippen LogP contribution in [0.3, 0.4) is 0 Å². The number of nitrogens with zero attached hydrogens (tertiary/aromatic N) is 1. The molecule has 128 valence electrons. The summed E-state index contributed by atoms with van der Waals surface area (Å²) in [6.07, 6.45) is 1.69. The number of fused-ring (bicyclic) bond motifs is 2. The molecule has 2 aromatic carbocycles. The number of hydrogen-bond donors (Lipinski definition) is 2. The van der Waals surface area contributed by atoms with Gasteiger partial charge in [-0.3, -0.25) is 14.6 Å². The fraction of sp³-hybridized carbons (Fsp3) is 0.0952. The largest absolute Gasteiger partial charge is 0.322 e. The number of aromatic amines is 1. The second kappa shape index (κ2) is 6.11. The number of aryl methyl sites for hydroxylation is 2. The topological polar surface area (TPSA) is 74.8 Å². The van der Waals surface area contributed by atoms with Gasteiger partial charge in [0.1, 0.15) is 0 Å². The number of carbonyl (C=O) groups is 1. The zero-order valence-corrected chi connectivity index (χ0v) is 14.5. The predicted octanol–water partition coefficient (Wildman–Crippen LogP) is 3.95. The molecule has 4 rings (SSSR count). The van der Waals surface area contributed by atoms with Crippen LogP contribution in [0.15, 0.2) is 59.5 Å². The van der Waals surface area contributed by atoms with Crippen LogP contribution in [0.5, 0.6) is 0 Å². The molecule has 0 atom stereocenters. The Hall–Kier alpha value is -3.47. The van der Waals surface area contributed by atoms with Crippen molar-refractivity contribution >= 4 is 33.4 Å². The maximum Gasteiger partial charge on any atom is 0.258 e. The molecule has 2 heterocycles. The van der Waals surface area contributed by atoms with E-state index in [4.69, 9.17) is 0 Å². The molecule has 5 nitrogen and oxygen atoms in total. The van der Waals surface area contributed by atoms with E-state index in [1.165, 1.54) is 0 Å². The number of aromatic nitrogens is 2. The lowest BCUT2D eigenvalue weighted by molar-refractivity contribution is 0.102. The first-order valence-electron chi connectivity index (χ1n) is 8.32. The van der Waals surface area contributed by atoms with Gasteiger partial charge in [-0.05, 0) is 49.7 Å². The van der Waals surface area contributed by atoms with Gasteiger partial charge in [0.05, 0.1) is 11.1 Å². The van der Waals surface area contributed by atoms with E-state index in [1.807, 2.05) is 43.3 Å². The molecule has 0 bridgehead atoms. The Morgan fingerprint density at radius 2 is 1.85 bits per heavy atom. The summed E-state index contributed by atoms with van der Waals surface area (Å²) in [6.45, 7) is 3.66. The number of benzene rings is 2. The van der Waals surface area contributed by atoms with Gasteiger partial charge in [0.2, 0.25) is 0 Å². The Morgan fingerprint density at radius 1 is 1.00 bits per heavy atom. The highest BCUT2D eigenvalue weighted by Gasteiger charge is 2.15. The van der Waals surface area contributed by atoms with Crippen molar-refractivity contribution in [3.05, 3.63) is 81.8 Å². The normalized spacial score (nSPS) is 11.0. The van der Waals surface area contributed by atoms with Crippen LogP contribution in [0.2, 0.25) is 0 Å². The number of pyridine rings is 2. The highest BCUT2D eigenvalue weighted by molar-refractivity contribution is 6.13. The first-order chi connectivity index (χ1) is 12.5. The van der Waals surface area contributed by atoms with Gasteiger partial charge in [0.25, 0.3) is 11.5 Å². The van der Waals surface area contributed by atoms with Crippen molar-refractivity contribution in [1.29, 1.82) is 0 Å². The minimum Gasteiger partial charge on any atom is -0.322 e. The van der Waals surface area contributed by atoms with Gasteiger partial charge >= 0.3 is 0 Å². The van der Waals surface area contributed by atoms with Gasteiger partial charge in [-0.1, -0.05) is 18.2 Å². The van der Waals surface area contributed by atoms with Gasteiger partial charge in [-0.2, -0.15) is 0 Å². The number of carbonyl (C=O) groups excluding carboxylic acids is 1. The van der Waals surface area contributed by atoms with Crippen LogP contribution in [0.4, 0.5) is 5.69 Å². The Bertz CT molecular complexity index is 1230. The van der Waals surface area contributed by atoms with Crippen LogP contribution < -0.4 is 10.9 Å². The molecular formula is C21H17N3O2. The summed E-state index contributed by atoms with van der Waals surface area (Å²) in [4.78, 5) is 31.8. The lowest BCUT2D eigenvalue weighted by Gasteiger charge is -2.11. The van der Waals surface area contributed by atoms with E-state index in [1.54, 1.807) is 25.3 Å². The number of anilines is 1. The van der Waals surface area contributed by atoms with Crippen LogP contribution in [0.25, 0.3) is 21.8 Å². The standard InChI is InChI=1S/C21H17N3O2/c1-12-5-6-14-4-3-9-22-19(14)18(12)21(26)23-16-7-8-17-15(11-16)10-13(2)20(25)24-17/h3-11H,1-2H3,(H,23,26)(H,24,25). The molecule has 0 aliphatic heterocycles. The summed E-state index contributed by atoms with van der Waals surface area (Å²) < 4.78 is 0. The van der Waals surface area contributed by atoms with Crippen LogP contribution >= 0.6 is 0 Å². The number of hydrogen-bond acceptors (Lipinski definition) is 3. The predicted molar refractivity (Wildman–Crippen MR) is 104 cm³/mol. The van der Waals surface area contributed by atoms with E-state index >= 15 is 0 Å². The van der Waals surface area contributed by atoms with E-state index < -0.39 is 0 Å². The third-order valence-electron chi connectivity index (χ3n) is 4.50. The second-order valence-corrected chi connectivity index (χ2v) is 6.37. The van der Waals surface area contributed by atoms with Crippen molar-refractivity contribution in [3.8, 4) is 0 Å². The third kappa shape index (κ3) is 2.73. The molecule has 26 heavy (non-hydrogen) atoms. The molecule has 0 saturated heterocycles. The maximum atomic E-state index is 12.9. The highest BCUT2D eigenvalue weighted by atomic mass is 16.1. The van der Waals surface area contributed by atoms with Crippen molar-refractivity contribution < 1.29 is 4.79 Å². The number of rotatable bonds is 2. The van der Waals surface area contributed by atoms with E-state index in [-0.39, 0.29) is 11.5 Å². The monoisotopic (exact) mass is 343 g/mol. The molecule has 1 amide bonds. The number of H-pyrrole nitrogens is 1. The highest BCUT2D eigenvalue weighted by Crippen LogP contribution is 2.23. The van der Waals surface area contributed by atoms with Crippen molar-refractivity contribution in [2.75, 3.05) is 5.32 Å². The van der Waals surface area contributed by atoms with Crippen molar-refractivity contribution in [3.63, 3.8) is 0 Å². The summed E-state index contributed by atoms with van der Waals surface area (Å²) in [5.74, 6) is -0.202. The summed E-state index contributed by atoms with van der Waals surface area (Å²) in [7, 11) is 0. The average Bonchev–Trinajstić information content (AvgIpc) is 2.62. The second-order valence-electron chi connectivity index (χ2n) is 6.37. The quantitative estimate of drug-likeness (QED) is 0.579. The lowest BCUT2D eigenvalue weighted by atomic mass is 10.0. The molecule has 2 N–H and O–H groups in total. The molecule has 4 aromatic rings. The SMILES string of the molecule is Cc1ccc2cccnc2c1C(=O)Nc1ccc2[nH]c(=O)c(C)cc2c1. The Balaban J connectivity index is 1.75.